The molecule has 1 atom stereocenters. The van der Waals surface area contributed by atoms with Gasteiger partial charge in [-0.15, -0.1) is 0 Å². The molecule has 0 saturated carbocycles. The molecule has 1 nitrogen and oxygen atoms in total. The third kappa shape index (κ3) is 1.36. The minimum absolute atomic E-state index is 0.0486. The molecule has 0 radical (unpaired) electrons. The molecule has 0 aromatic heterocycles. The molecule has 0 spiro atoms. The average Bonchev–Trinajstić information content (AvgIpc) is 2.26. The van der Waals surface area contributed by atoms with Crippen molar-refractivity contribution in [1.82, 2.24) is 0 Å². The van der Waals surface area contributed by atoms with Gasteiger partial charge in [-0.2, -0.15) is 0 Å². The smallest absolute Gasteiger partial charge is 0.0847 e. The summed E-state index contributed by atoms with van der Waals surface area (Å²) in [5.41, 5.74) is 2.17. The number of halogens is 1. The summed E-state index contributed by atoms with van der Waals surface area (Å²) in [4.78, 5) is 0. The van der Waals surface area contributed by atoms with E-state index in [1.54, 1.807) is 0 Å². The maximum absolute atomic E-state index is 9.97. The van der Waals surface area contributed by atoms with Crippen molar-refractivity contribution in [3.05, 3.63) is 34.3 Å². The molecule has 70 valence electrons. The summed E-state index contributed by atoms with van der Waals surface area (Å²) in [6, 6.07) is 5.76. The number of aliphatic hydroxyl groups is 1. The summed E-state index contributed by atoms with van der Waals surface area (Å²) in [5.74, 6) is 0. The van der Waals surface area contributed by atoms with Crippen LogP contribution in [-0.4, -0.2) is 5.11 Å². The Morgan fingerprint density at radius 1 is 1.46 bits per heavy atom. The fraction of sp³-hybridized carbons (Fsp3) is 0.455. The highest BCUT2D eigenvalue weighted by atomic mass is 35.5. The number of hydrogen-bond donors (Lipinski definition) is 1. The van der Waals surface area contributed by atoms with Gasteiger partial charge in [0.1, 0.15) is 0 Å². The molecule has 0 aliphatic heterocycles. The van der Waals surface area contributed by atoms with Crippen LogP contribution in [0.4, 0.5) is 0 Å². The van der Waals surface area contributed by atoms with Gasteiger partial charge in [0.05, 0.1) is 6.10 Å². The molecule has 2 heteroatoms. The van der Waals surface area contributed by atoms with Gasteiger partial charge in [0.25, 0.3) is 0 Å². The molecule has 1 aromatic carbocycles. The zero-order valence-corrected chi connectivity index (χ0v) is 8.60. The second-order valence-electron chi connectivity index (χ2n) is 4.41. The predicted molar refractivity (Wildman–Crippen MR) is 53.9 cm³/mol. The SMILES string of the molecule is CC1(C)Cc2ccc(Cl)cc2[C@H]1O. The first kappa shape index (κ1) is 9.04. The monoisotopic (exact) mass is 196 g/mol. The van der Waals surface area contributed by atoms with Gasteiger partial charge < -0.3 is 5.11 Å². The van der Waals surface area contributed by atoms with E-state index in [0.717, 1.165) is 12.0 Å². The molecule has 0 heterocycles. The fourth-order valence-corrected chi connectivity index (χ4v) is 2.17. The minimum Gasteiger partial charge on any atom is -0.388 e. The first-order valence-electron chi connectivity index (χ1n) is 4.47. The van der Waals surface area contributed by atoms with Gasteiger partial charge in [-0.05, 0) is 35.1 Å². The van der Waals surface area contributed by atoms with Gasteiger partial charge in [0, 0.05) is 5.02 Å². The second-order valence-corrected chi connectivity index (χ2v) is 4.85. The van der Waals surface area contributed by atoms with E-state index in [9.17, 15) is 5.11 Å². The van der Waals surface area contributed by atoms with E-state index in [4.69, 9.17) is 11.6 Å². The van der Waals surface area contributed by atoms with Crippen LogP contribution in [0.1, 0.15) is 31.1 Å². The third-order valence-electron chi connectivity index (χ3n) is 2.79. The van der Waals surface area contributed by atoms with Crippen LogP contribution in [0.25, 0.3) is 0 Å². The molecule has 0 amide bonds. The van der Waals surface area contributed by atoms with Crippen molar-refractivity contribution >= 4 is 11.6 Å². The standard InChI is InChI=1S/C11H13ClO/c1-11(2)6-7-3-4-8(12)5-9(7)10(11)13/h3-5,10,13H,6H2,1-2H3/t10-/m1/s1. The van der Waals surface area contributed by atoms with Crippen molar-refractivity contribution in [2.75, 3.05) is 0 Å². The lowest BCUT2D eigenvalue weighted by molar-refractivity contribution is 0.0666. The van der Waals surface area contributed by atoms with Gasteiger partial charge in [0.2, 0.25) is 0 Å². The van der Waals surface area contributed by atoms with Gasteiger partial charge in [-0.3, -0.25) is 0 Å². The molecule has 0 saturated heterocycles. The number of fused-ring (bicyclic) bond motifs is 1. The normalized spacial score (nSPS) is 24.5. The third-order valence-corrected chi connectivity index (χ3v) is 3.02. The fourth-order valence-electron chi connectivity index (χ4n) is 1.99. The van der Waals surface area contributed by atoms with Crippen molar-refractivity contribution < 1.29 is 5.11 Å². The number of benzene rings is 1. The zero-order valence-electron chi connectivity index (χ0n) is 7.84. The van der Waals surface area contributed by atoms with Gasteiger partial charge in [0.15, 0.2) is 0 Å². The highest BCUT2D eigenvalue weighted by Crippen LogP contribution is 2.45. The van der Waals surface area contributed by atoms with Crippen LogP contribution in [0.15, 0.2) is 18.2 Å². The van der Waals surface area contributed by atoms with E-state index >= 15 is 0 Å². The van der Waals surface area contributed by atoms with Gasteiger partial charge in [-0.25, -0.2) is 0 Å². The van der Waals surface area contributed by atoms with Crippen molar-refractivity contribution in [3.63, 3.8) is 0 Å². The highest BCUT2D eigenvalue weighted by molar-refractivity contribution is 6.30. The topological polar surface area (TPSA) is 20.2 Å². The summed E-state index contributed by atoms with van der Waals surface area (Å²) in [6.45, 7) is 4.15. The van der Waals surface area contributed by atoms with E-state index in [0.29, 0.717) is 5.02 Å². The van der Waals surface area contributed by atoms with Crippen molar-refractivity contribution in [3.8, 4) is 0 Å². The van der Waals surface area contributed by atoms with Gasteiger partial charge in [-0.1, -0.05) is 31.5 Å². The Balaban J connectivity index is 2.51. The molecule has 2 rings (SSSR count). The van der Waals surface area contributed by atoms with Crippen LogP contribution in [0.2, 0.25) is 5.02 Å². The van der Waals surface area contributed by atoms with E-state index in [1.807, 2.05) is 18.2 Å². The Hall–Kier alpha value is -0.530. The predicted octanol–water partition coefficient (Wildman–Crippen LogP) is 2.96. The van der Waals surface area contributed by atoms with Crippen LogP contribution in [0.5, 0.6) is 0 Å². The van der Waals surface area contributed by atoms with Crippen LogP contribution in [0.3, 0.4) is 0 Å². The summed E-state index contributed by atoms with van der Waals surface area (Å²) in [5, 5.41) is 10.7. The Labute approximate surface area is 83.3 Å². The van der Waals surface area contributed by atoms with E-state index in [2.05, 4.69) is 13.8 Å². The number of hydrogen-bond acceptors (Lipinski definition) is 1. The molecule has 1 aliphatic rings. The zero-order chi connectivity index (χ0) is 9.64. The first-order chi connectivity index (χ1) is 6.00. The largest absolute Gasteiger partial charge is 0.388 e. The minimum atomic E-state index is -0.374. The lowest BCUT2D eigenvalue weighted by Gasteiger charge is -2.22. The Bertz CT molecular complexity index is 344. The molecule has 1 N–H and O–H groups in total. The number of aliphatic hydroxyl groups excluding tert-OH is 1. The highest BCUT2D eigenvalue weighted by Gasteiger charge is 2.37. The summed E-state index contributed by atoms with van der Waals surface area (Å²) < 4.78 is 0. The molecular weight excluding hydrogens is 184 g/mol. The second kappa shape index (κ2) is 2.73. The first-order valence-corrected chi connectivity index (χ1v) is 4.85. The molecule has 0 bridgehead atoms. The van der Waals surface area contributed by atoms with E-state index in [-0.39, 0.29) is 11.5 Å². The van der Waals surface area contributed by atoms with E-state index in [1.165, 1.54) is 5.56 Å². The molecule has 1 aliphatic carbocycles. The molecule has 13 heavy (non-hydrogen) atoms. The quantitative estimate of drug-likeness (QED) is 0.677. The molecule has 1 aromatic rings. The van der Waals surface area contributed by atoms with Crippen LogP contribution in [0, 0.1) is 5.41 Å². The van der Waals surface area contributed by atoms with Crippen LogP contribution >= 0.6 is 11.6 Å². The maximum Gasteiger partial charge on any atom is 0.0847 e. The molecule has 0 unspecified atom stereocenters. The van der Waals surface area contributed by atoms with Crippen LogP contribution in [-0.2, 0) is 6.42 Å². The molecular formula is C11H13ClO. The Kier molecular flexibility index (Phi) is 1.90. The average molecular weight is 197 g/mol. The summed E-state index contributed by atoms with van der Waals surface area (Å²) in [6.07, 6.45) is 0.557. The van der Waals surface area contributed by atoms with Crippen molar-refractivity contribution in [2.24, 2.45) is 5.41 Å². The summed E-state index contributed by atoms with van der Waals surface area (Å²) >= 11 is 5.87. The Morgan fingerprint density at radius 3 is 2.85 bits per heavy atom. The maximum atomic E-state index is 9.97. The van der Waals surface area contributed by atoms with E-state index < -0.39 is 0 Å². The lowest BCUT2D eigenvalue weighted by atomic mass is 9.88. The van der Waals surface area contributed by atoms with Crippen LogP contribution < -0.4 is 0 Å². The van der Waals surface area contributed by atoms with Gasteiger partial charge >= 0.3 is 0 Å². The van der Waals surface area contributed by atoms with Crippen molar-refractivity contribution in [1.29, 1.82) is 0 Å². The van der Waals surface area contributed by atoms with Crippen molar-refractivity contribution in [2.45, 2.75) is 26.4 Å². The lowest BCUT2D eigenvalue weighted by Crippen LogP contribution is -2.16. The summed E-state index contributed by atoms with van der Waals surface area (Å²) in [7, 11) is 0. The molecule has 0 fully saturated rings. The Morgan fingerprint density at radius 2 is 2.15 bits per heavy atom. The number of rotatable bonds is 0.